The summed E-state index contributed by atoms with van der Waals surface area (Å²) in [5, 5.41) is 0. The molecule has 1 aromatic heterocycles. The molecule has 102 valence electrons. The third-order valence-electron chi connectivity index (χ3n) is 3.60. The van der Waals surface area contributed by atoms with E-state index in [-0.39, 0.29) is 17.2 Å². The quantitative estimate of drug-likeness (QED) is 0.835. The Labute approximate surface area is 113 Å². The van der Waals surface area contributed by atoms with Crippen LogP contribution >= 0.6 is 0 Å². The van der Waals surface area contributed by atoms with Gasteiger partial charge in [0.2, 0.25) is 5.91 Å². The number of pyridine rings is 1. The molecule has 0 radical (unpaired) electrons. The maximum atomic E-state index is 12.3. The van der Waals surface area contributed by atoms with Gasteiger partial charge in [-0.05, 0) is 32.4 Å². The third kappa shape index (κ3) is 3.40. The normalized spacial score (nSPS) is 18.4. The van der Waals surface area contributed by atoms with Crippen molar-refractivity contribution >= 4 is 11.7 Å². The number of nitrogens with zero attached hydrogens (tertiary/aromatic N) is 2. The van der Waals surface area contributed by atoms with E-state index >= 15 is 0 Å². The first kappa shape index (κ1) is 13.7. The predicted molar refractivity (Wildman–Crippen MR) is 72.6 cm³/mol. The monoisotopic (exact) mass is 260 g/mol. The molecule has 1 aliphatic heterocycles. The van der Waals surface area contributed by atoms with Crippen molar-refractivity contribution in [2.45, 2.75) is 45.1 Å². The molecule has 0 bridgehead atoms. The first-order valence-corrected chi connectivity index (χ1v) is 6.71. The van der Waals surface area contributed by atoms with Crippen LogP contribution in [0.1, 0.15) is 38.8 Å². The van der Waals surface area contributed by atoms with Crippen LogP contribution in [0.15, 0.2) is 24.4 Å². The fourth-order valence-corrected chi connectivity index (χ4v) is 2.58. The number of hydrogen-bond acceptors (Lipinski definition) is 3. The van der Waals surface area contributed by atoms with Gasteiger partial charge in [-0.3, -0.25) is 14.6 Å². The molecule has 0 N–H and O–H groups in total. The summed E-state index contributed by atoms with van der Waals surface area (Å²) < 4.78 is 0. The summed E-state index contributed by atoms with van der Waals surface area (Å²) in [5.74, 6) is 0.363. The van der Waals surface area contributed by atoms with Gasteiger partial charge in [0.1, 0.15) is 5.78 Å². The van der Waals surface area contributed by atoms with Crippen LogP contribution in [0.3, 0.4) is 0 Å². The Kier molecular flexibility index (Phi) is 3.98. The van der Waals surface area contributed by atoms with Crippen LogP contribution in [0, 0.1) is 0 Å². The zero-order valence-electron chi connectivity index (χ0n) is 11.6. The molecule has 0 spiro atoms. The van der Waals surface area contributed by atoms with Crippen molar-refractivity contribution in [3.8, 4) is 0 Å². The van der Waals surface area contributed by atoms with Crippen molar-refractivity contribution in [3.63, 3.8) is 0 Å². The summed E-state index contributed by atoms with van der Waals surface area (Å²) in [7, 11) is 0. The van der Waals surface area contributed by atoms with E-state index in [1.807, 2.05) is 36.9 Å². The molecule has 4 heteroatoms. The van der Waals surface area contributed by atoms with Crippen molar-refractivity contribution in [2.24, 2.45) is 0 Å². The van der Waals surface area contributed by atoms with E-state index in [1.165, 1.54) is 0 Å². The summed E-state index contributed by atoms with van der Waals surface area (Å²) in [4.78, 5) is 29.8. The van der Waals surface area contributed by atoms with Crippen LogP contribution in [0.25, 0.3) is 0 Å². The van der Waals surface area contributed by atoms with Crippen LogP contribution < -0.4 is 0 Å². The summed E-state index contributed by atoms with van der Waals surface area (Å²) in [6.45, 7) is 4.47. The zero-order chi connectivity index (χ0) is 13.9. The Morgan fingerprint density at radius 3 is 2.84 bits per heavy atom. The molecule has 2 heterocycles. The minimum Gasteiger partial charge on any atom is -0.337 e. The number of carbonyl (C=O) groups excluding carboxylic acids is 2. The largest absolute Gasteiger partial charge is 0.337 e. The van der Waals surface area contributed by atoms with Gasteiger partial charge in [-0.2, -0.15) is 0 Å². The second-order valence-corrected chi connectivity index (χ2v) is 5.64. The van der Waals surface area contributed by atoms with Crippen LogP contribution in [0.4, 0.5) is 0 Å². The fourth-order valence-electron chi connectivity index (χ4n) is 2.58. The minimum atomic E-state index is -0.351. The molecular weight excluding hydrogens is 240 g/mol. The standard InChI is InChI=1S/C15H20N2O2/c1-15(2)11-13(18)8-10-17(15)14(19)7-6-12-5-3-4-9-16-12/h3-5,9H,6-8,10-11H2,1-2H3. The van der Waals surface area contributed by atoms with Gasteiger partial charge in [-0.25, -0.2) is 0 Å². The number of amides is 1. The average Bonchev–Trinajstić information content (AvgIpc) is 2.36. The Morgan fingerprint density at radius 2 is 2.21 bits per heavy atom. The topological polar surface area (TPSA) is 50.3 Å². The molecule has 1 amide bonds. The van der Waals surface area contributed by atoms with E-state index in [0.717, 1.165) is 5.69 Å². The number of ketones is 1. The molecule has 1 saturated heterocycles. The van der Waals surface area contributed by atoms with Gasteiger partial charge in [-0.15, -0.1) is 0 Å². The van der Waals surface area contributed by atoms with Crippen molar-refractivity contribution in [1.29, 1.82) is 0 Å². The minimum absolute atomic E-state index is 0.114. The SMILES string of the molecule is CC1(C)CC(=O)CCN1C(=O)CCc1ccccn1. The average molecular weight is 260 g/mol. The second-order valence-electron chi connectivity index (χ2n) is 5.64. The smallest absolute Gasteiger partial charge is 0.223 e. The molecule has 1 aliphatic rings. The van der Waals surface area contributed by atoms with E-state index in [2.05, 4.69) is 4.98 Å². The van der Waals surface area contributed by atoms with E-state index in [9.17, 15) is 9.59 Å². The summed E-state index contributed by atoms with van der Waals surface area (Å²) in [6, 6.07) is 5.72. The van der Waals surface area contributed by atoms with Gasteiger partial charge in [-0.1, -0.05) is 6.07 Å². The molecule has 2 rings (SSSR count). The molecule has 0 aliphatic carbocycles. The van der Waals surface area contributed by atoms with Crippen molar-refractivity contribution in [3.05, 3.63) is 30.1 Å². The number of Topliss-reactive ketones (excluding diaryl/α,β-unsaturated/α-hetero) is 1. The van der Waals surface area contributed by atoms with Crippen LogP contribution in [0.2, 0.25) is 0 Å². The van der Waals surface area contributed by atoms with Gasteiger partial charge in [0.15, 0.2) is 0 Å². The summed E-state index contributed by atoms with van der Waals surface area (Å²) >= 11 is 0. The molecule has 1 fully saturated rings. The number of rotatable bonds is 3. The van der Waals surface area contributed by atoms with Gasteiger partial charge in [0, 0.05) is 43.2 Å². The van der Waals surface area contributed by atoms with Gasteiger partial charge >= 0.3 is 0 Å². The van der Waals surface area contributed by atoms with E-state index in [0.29, 0.717) is 32.2 Å². The van der Waals surface area contributed by atoms with E-state index in [1.54, 1.807) is 6.20 Å². The highest BCUT2D eigenvalue weighted by Gasteiger charge is 2.36. The van der Waals surface area contributed by atoms with Gasteiger partial charge < -0.3 is 4.90 Å². The third-order valence-corrected chi connectivity index (χ3v) is 3.60. The van der Waals surface area contributed by atoms with Gasteiger partial charge in [0.05, 0.1) is 0 Å². The maximum Gasteiger partial charge on any atom is 0.223 e. The Balaban J connectivity index is 1.94. The lowest BCUT2D eigenvalue weighted by Crippen LogP contribution is -2.53. The number of hydrogen-bond donors (Lipinski definition) is 0. The Morgan fingerprint density at radius 1 is 1.42 bits per heavy atom. The van der Waals surface area contributed by atoms with E-state index in [4.69, 9.17) is 0 Å². The lowest BCUT2D eigenvalue weighted by molar-refractivity contribution is -0.142. The summed E-state index contributed by atoms with van der Waals surface area (Å²) in [6.07, 6.45) is 3.79. The molecule has 4 nitrogen and oxygen atoms in total. The first-order chi connectivity index (χ1) is 8.99. The molecule has 19 heavy (non-hydrogen) atoms. The lowest BCUT2D eigenvalue weighted by Gasteiger charge is -2.41. The number of aryl methyl sites for hydroxylation is 1. The van der Waals surface area contributed by atoms with Crippen LogP contribution in [0.5, 0.6) is 0 Å². The zero-order valence-corrected chi connectivity index (χ0v) is 11.6. The molecule has 1 aromatic rings. The van der Waals surface area contributed by atoms with Crippen LogP contribution in [-0.4, -0.2) is 33.7 Å². The number of likely N-dealkylation sites (tertiary alicyclic amines) is 1. The lowest BCUT2D eigenvalue weighted by atomic mass is 9.89. The fraction of sp³-hybridized carbons (Fsp3) is 0.533. The summed E-state index contributed by atoms with van der Waals surface area (Å²) in [5.41, 5.74) is 0.582. The van der Waals surface area contributed by atoms with Crippen LogP contribution in [-0.2, 0) is 16.0 Å². The Bertz CT molecular complexity index is 468. The Hall–Kier alpha value is -1.71. The molecule has 0 aromatic carbocycles. The predicted octanol–water partition coefficient (Wildman–Crippen LogP) is 1.98. The van der Waals surface area contributed by atoms with Crippen molar-refractivity contribution < 1.29 is 9.59 Å². The molecule has 0 saturated carbocycles. The second kappa shape index (κ2) is 5.51. The van der Waals surface area contributed by atoms with E-state index < -0.39 is 0 Å². The number of aromatic nitrogens is 1. The molecule has 0 atom stereocenters. The highest BCUT2D eigenvalue weighted by Crippen LogP contribution is 2.26. The van der Waals surface area contributed by atoms with Crippen molar-refractivity contribution in [1.82, 2.24) is 9.88 Å². The molecule has 0 unspecified atom stereocenters. The molecular formula is C15H20N2O2. The first-order valence-electron chi connectivity index (χ1n) is 6.71. The number of piperidine rings is 1. The van der Waals surface area contributed by atoms with Gasteiger partial charge in [0.25, 0.3) is 0 Å². The number of carbonyl (C=O) groups is 2. The highest BCUT2D eigenvalue weighted by atomic mass is 16.2. The maximum absolute atomic E-state index is 12.3. The highest BCUT2D eigenvalue weighted by molar-refractivity contribution is 5.85. The van der Waals surface area contributed by atoms with Crippen molar-refractivity contribution in [2.75, 3.05) is 6.54 Å².